The normalized spacial score (nSPS) is 25.9. The molecule has 0 spiro atoms. The summed E-state index contributed by atoms with van der Waals surface area (Å²) in [5.74, 6) is 0.840. The summed E-state index contributed by atoms with van der Waals surface area (Å²) in [5, 5.41) is 23.0. The number of phenols is 2. The van der Waals surface area contributed by atoms with E-state index in [-0.39, 0.29) is 23.1 Å². The summed E-state index contributed by atoms with van der Waals surface area (Å²) in [6.07, 6.45) is 9.07. The van der Waals surface area contributed by atoms with Crippen molar-refractivity contribution in [3.05, 3.63) is 78.4 Å². The molecule has 2 aliphatic rings. The molecule has 0 radical (unpaired) electrons. The van der Waals surface area contributed by atoms with E-state index in [0.717, 1.165) is 50.9 Å². The van der Waals surface area contributed by atoms with Crippen molar-refractivity contribution in [3.8, 4) is 11.5 Å². The minimum atomic E-state index is -0.119. The topological polar surface area (TPSA) is 72.8 Å². The maximum Gasteiger partial charge on any atom is 0.244 e. The van der Waals surface area contributed by atoms with E-state index in [1.54, 1.807) is 30.3 Å². The van der Waals surface area contributed by atoms with E-state index in [2.05, 4.69) is 22.9 Å². The Kier molecular flexibility index (Phi) is 6.66. The molecule has 1 amide bonds. The van der Waals surface area contributed by atoms with Gasteiger partial charge in [0.25, 0.3) is 0 Å². The predicted octanol–water partition coefficient (Wildman–Crippen LogP) is 4.23. The standard InChI is InChI=1S/C27H32N2O3/c1-2-14-29-15-13-27(21-6-4-8-25(31)17-21)18-23(11-10-22(27)19-29)28-26(32)12-9-20-5-3-7-24(30)16-20/h2-9,12,16-17,22-23,30-31H,1,10-11,13-15,18-19H2,(H,28,32)/b12-9+. The molecule has 2 aromatic carbocycles. The molecule has 1 aliphatic heterocycles. The average Bonchev–Trinajstić information content (AvgIpc) is 2.78. The number of rotatable bonds is 6. The quantitative estimate of drug-likeness (QED) is 0.472. The monoisotopic (exact) mass is 432 g/mol. The molecular weight excluding hydrogens is 400 g/mol. The van der Waals surface area contributed by atoms with Crippen LogP contribution in [0, 0.1) is 5.92 Å². The van der Waals surface area contributed by atoms with Crippen LogP contribution in [0.2, 0.25) is 0 Å². The van der Waals surface area contributed by atoms with E-state index >= 15 is 0 Å². The summed E-state index contributed by atoms with van der Waals surface area (Å²) in [6.45, 7) is 6.78. The van der Waals surface area contributed by atoms with Gasteiger partial charge in [0, 0.05) is 30.6 Å². The molecule has 5 nitrogen and oxygen atoms in total. The fraction of sp³-hybridized carbons (Fsp3) is 0.370. The second-order valence-electron chi connectivity index (χ2n) is 9.12. The molecule has 3 atom stereocenters. The molecule has 1 saturated carbocycles. The summed E-state index contributed by atoms with van der Waals surface area (Å²) >= 11 is 0. The summed E-state index contributed by atoms with van der Waals surface area (Å²) in [6, 6.07) is 14.6. The van der Waals surface area contributed by atoms with Crippen LogP contribution in [0.5, 0.6) is 11.5 Å². The lowest BCUT2D eigenvalue weighted by Crippen LogP contribution is -2.56. The Morgan fingerprint density at radius 2 is 1.94 bits per heavy atom. The number of phenolic OH excluding ortho intramolecular Hbond substituents is 2. The lowest BCUT2D eigenvalue weighted by Gasteiger charge is -2.53. The Balaban J connectivity index is 1.50. The number of nitrogens with zero attached hydrogens (tertiary/aromatic N) is 1. The third kappa shape index (κ3) is 4.89. The van der Waals surface area contributed by atoms with Crippen LogP contribution in [0.15, 0.2) is 67.3 Å². The fourth-order valence-corrected chi connectivity index (χ4v) is 5.55. The van der Waals surface area contributed by atoms with Crippen molar-refractivity contribution in [1.82, 2.24) is 10.2 Å². The zero-order chi connectivity index (χ0) is 22.6. The van der Waals surface area contributed by atoms with Crippen LogP contribution in [-0.4, -0.2) is 46.7 Å². The van der Waals surface area contributed by atoms with Crippen LogP contribution in [0.1, 0.15) is 36.8 Å². The highest BCUT2D eigenvalue weighted by Crippen LogP contribution is 2.49. The van der Waals surface area contributed by atoms with Gasteiger partial charge >= 0.3 is 0 Å². The van der Waals surface area contributed by atoms with Crippen molar-refractivity contribution in [2.24, 2.45) is 5.92 Å². The number of hydrogen-bond acceptors (Lipinski definition) is 4. The molecule has 3 unspecified atom stereocenters. The number of aromatic hydroxyl groups is 2. The molecule has 0 aromatic heterocycles. The van der Waals surface area contributed by atoms with Crippen LogP contribution >= 0.6 is 0 Å². The number of fused-ring (bicyclic) bond motifs is 1. The van der Waals surface area contributed by atoms with Crippen LogP contribution in [-0.2, 0) is 10.2 Å². The lowest BCUT2D eigenvalue weighted by atomic mass is 9.58. The first-order valence-corrected chi connectivity index (χ1v) is 11.4. The molecule has 1 aliphatic carbocycles. The van der Waals surface area contributed by atoms with Gasteiger partial charge in [0.05, 0.1) is 0 Å². The number of benzene rings is 2. The summed E-state index contributed by atoms with van der Waals surface area (Å²) in [7, 11) is 0. The molecular formula is C27H32N2O3. The molecule has 1 saturated heterocycles. The molecule has 1 heterocycles. The van der Waals surface area contributed by atoms with Crippen molar-refractivity contribution in [3.63, 3.8) is 0 Å². The van der Waals surface area contributed by atoms with Gasteiger partial charge in [0.1, 0.15) is 11.5 Å². The van der Waals surface area contributed by atoms with Gasteiger partial charge < -0.3 is 15.5 Å². The SMILES string of the molecule is C=CCN1CCC2(c3cccc(O)c3)CC(NC(=O)/C=C/c3cccc(O)c3)CCC2C1. The second-order valence-corrected chi connectivity index (χ2v) is 9.12. The Bertz CT molecular complexity index is 1000. The summed E-state index contributed by atoms with van der Waals surface area (Å²) < 4.78 is 0. The smallest absolute Gasteiger partial charge is 0.244 e. The van der Waals surface area contributed by atoms with Gasteiger partial charge in [-0.1, -0.05) is 30.3 Å². The zero-order valence-corrected chi connectivity index (χ0v) is 18.4. The maximum absolute atomic E-state index is 12.6. The number of likely N-dealkylation sites (tertiary alicyclic amines) is 1. The van der Waals surface area contributed by atoms with E-state index in [9.17, 15) is 15.0 Å². The Morgan fingerprint density at radius 1 is 1.16 bits per heavy atom. The minimum Gasteiger partial charge on any atom is -0.508 e. The first kappa shape index (κ1) is 22.2. The van der Waals surface area contributed by atoms with Gasteiger partial charge in [0.15, 0.2) is 0 Å². The van der Waals surface area contributed by atoms with E-state index < -0.39 is 0 Å². The number of piperidine rings is 1. The van der Waals surface area contributed by atoms with E-state index in [1.165, 1.54) is 11.6 Å². The van der Waals surface area contributed by atoms with Crippen molar-refractivity contribution in [1.29, 1.82) is 0 Å². The molecule has 32 heavy (non-hydrogen) atoms. The van der Waals surface area contributed by atoms with Crippen LogP contribution in [0.4, 0.5) is 0 Å². The lowest BCUT2D eigenvalue weighted by molar-refractivity contribution is -0.117. The number of carbonyl (C=O) groups is 1. The van der Waals surface area contributed by atoms with Gasteiger partial charge in [-0.3, -0.25) is 9.69 Å². The van der Waals surface area contributed by atoms with Gasteiger partial charge in [-0.15, -0.1) is 6.58 Å². The third-order valence-corrected chi connectivity index (χ3v) is 7.06. The van der Waals surface area contributed by atoms with Gasteiger partial charge in [0.2, 0.25) is 5.91 Å². The number of nitrogens with one attached hydrogen (secondary N) is 1. The first-order chi connectivity index (χ1) is 15.5. The van der Waals surface area contributed by atoms with E-state index in [0.29, 0.717) is 11.7 Å². The Hall–Kier alpha value is -3.05. The van der Waals surface area contributed by atoms with Gasteiger partial charge in [-0.25, -0.2) is 0 Å². The number of hydrogen-bond donors (Lipinski definition) is 3. The van der Waals surface area contributed by atoms with Crippen LogP contribution in [0.3, 0.4) is 0 Å². The largest absolute Gasteiger partial charge is 0.508 e. The Morgan fingerprint density at radius 3 is 2.69 bits per heavy atom. The molecule has 4 rings (SSSR count). The van der Waals surface area contributed by atoms with E-state index in [4.69, 9.17) is 0 Å². The van der Waals surface area contributed by atoms with Gasteiger partial charge in [-0.2, -0.15) is 0 Å². The third-order valence-electron chi connectivity index (χ3n) is 7.06. The summed E-state index contributed by atoms with van der Waals surface area (Å²) in [4.78, 5) is 15.1. The molecule has 168 valence electrons. The molecule has 3 N–H and O–H groups in total. The molecule has 2 aromatic rings. The highest BCUT2D eigenvalue weighted by molar-refractivity contribution is 5.92. The summed E-state index contributed by atoms with van der Waals surface area (Å²) in [5.41, 5.74) is 1.91. The highest BCUT2D eigenvalue weighted by Gasteiger charge is 2.48. The number of amides is 1. The zero-order valence-electron chi connectivity index (χ0n) is 18.4. The number of carbonyl (C=O) groups excluding carboxylic acids is 1. The second kappa shape index (κ2) is 9.61. The maximum atomic E-state index is 12.6. The van der Waals surface area contributed by atoms with Gasteiger partial charge in [-0.05, 0) is 79.6 Å². The first-order valence-electron chi connectivity index (χ1n) is 11.4. The van der Waals surface area contributed by atoms with Crippen molar-refractivity contribution in [2.75, 3.05) is 19.6 Å². The van der Waals surface area contributed by atoms with Crippen molar-refractivity contribution < 1.29 is 15.0 Å². The van der Waals surface area contributed by atoms with Crippen molar-refractivity contribution in [2.45, 2.75) is 37.1 Å². The van der Waals surface area contributed by atoms with E-state index in [1.807, 2.05) is 24.3 Å². The molecule has 5 heteroatoms. The molecule has 0 bridgehead atoms. The highest BCUT2D eigenvalue weighted by atomic mass is 16.3. The minimum absolute atomic E-state index is 0.0540. The Labute approximate surface area is 190 Å². The van der Waals surface area contributed by atoms with Crippen LogP contribution < -0.4 is 5.32 Å². The fourth-order valence-electron chi connectivity index (χ4n) is 5.55. The van der Waals surface area contributed by atoms with Crippen LogP contribution in [0.25, 0.3) is 6.08 Å². The predicted molar refractivity (Wildman–Crippen MR) is 127 cm³/mol. The molecule has 2 fully saturated rings. The average molecular weight is 433 g/mol. The van der Waals surface area contributed by atoms with Crippen molar-refractivity contribution >= 4 is 12.0 Å².